The summed E-state index contributed by atoms with van der Waals surface area (Å²) in [4.78, 5) is 11.6. The Morgan fingerprint density at radius 3 is 2.81 bits per heavy atom. The molecule has 0 spiro atoms. The van der Waals surface area contributed by atoms with E-state index >= 15 is 0 Å². The van der Waals surface area contributed by atoms with Crippen LogP contribution >= 0.6 is 0 Å². The van der Waals surface area contributed by atoms with Gasteiger partial charge >= 0.3 is 5.97 Å². The van der Waals surface area contributed by atoms with Crippen molar-refractivity contribution in [3.63, 3.8) is 0 Å². The first-order valence-corrected chi connectivity index (χ1v) is 5.30. The van der Waals surface area contributed by atoms with E-state index < -0.39 is 0 Å². The van der Waals surface area contributed by atoms with Gasteiger partial charge in [0, 0.05) is 7.05 Å². The Morgan fingerprint density at radius 2 is 2.19 bits per heavy atom. The lowest BCUT2D eigenvalue weighted by Crippen LogP contribution is -2.13. The summed E-state index contributed by atoms with van der Waals surface area (Å²) in [5.74, 6) is -0.325. The number of hydrogen-bond acceptors (Lipinski definition) is 4. The van der Waals surface area contributed by atoms with E-state index in [-0.39, 0.29) is 12.3 Å². The van der Waals surface area contributed by atoms with E-state index in [2.05, 4.69) is 0 Å². The predicted octanol–water partition coefficient (Wildman–Crippen LogP) is 1.25. The quantitative estimate of drug-likeness (QED) is 0.726. The summed E-state index contributed by atoms with van der Waals surface area (Å²) in [7, 11) is 1.80. The Balaban J connectivity index is 2.19. The maximum atomic E-state index is 11.6. The number of hydrogen-bond donors (Lipinski definition) is 0. The minimum absolute atomic E-state index is 0.325. The number of ether oxygens (including phenoxy) is 3. The SMILES string of the molecule is CCOC(=O)c1ccc(C2OCCO2)n1C. The van der Waals surface area contributed by atoms with Gasteiger partial charge in [-0.2, -0.15) is 0 Å². The van der Waals surface area contributed by atoms with Gasteiger partial charge in [0.2, 0.25) is 0 Å². The number of aromatic nitrogens is 1. The van der Waals surface area contributed by atoms with Crippen LogP contribution in [0, 0.1) is 0 Å². The third kappa shape index (κ3) is 1.96. The van der Waals surface area contributed by atoms with Crippen molar-refractivity contribution in [3.05, 3.63) is 23.5 Å². The van der Waals surface area contributed by atoms with Crippen LogP contribution in [-0.4, -0.2) is 30.4 Å². The zero-order valence-electron chi connectivity index (χ0n) is 9.43. The molecule has 1 aromatic rings. The van der Waals surface area contributed by atoms with E-state index in [0.717, 1.165) is 5.69 Å². The molecule has 5 heteroatoms. The molecule has 16 heavy (non-hydrogen) atoms. The van der Waals surface area contributed by atoms with Crippen molar-refractivity contribution >= 4 is 5.97 Å². The largest absolute Gasteiger partial charge is 0.461 e. The van der Waals surface area contributed by atoms with Gasteiger partial charge in [-0.25, -0.2) is 4.79 Å². The molecule has 1 aliphatic rings. The van der Waals surface area contributed by atoms with Crippen LogP contribution in [0.25, 0.3) is 0 Å². The molecule has 0 atom stereocenters. The lowest BCUT2D eigenvalue weighted by molar-refractivity contribution is -0.0492. The fraction of sp³-hybridized carbons (Fsp3) is 0.545. The van der Waals surface area contributed by atoms with E-state index in [9.17, 15) is 4.79 Å². The van der Waals surface area contributed by atoms with Crippen LogP contribution in [0.5, 0.6) is 0 Å². The molecule has 0 saturated carbocycles. The first kappa shape index (κ1) is 11.2. The third-order valence-corrected chi connectivity index (χ3v) is 2.51. The van der Waals surface area contributed by atoms with Gasteiger partial charge in [0.05, 0.1) is 25.5 Å². The molecule has 0 bridgehead atoms. The van der Waals surface area contributed by atoms with E-state index in [4.69, 9.17) is 14.2 Å². The van der Waals surface area contributed by atoms with Crippen molar-refractivity contribution in [1.82, 2.24) is 4.57 Å². The summed E-state index contributed by atoms with van der Waals surface area (Å²) in [6.45, 7) is 3.33. The van der Waals surface area contributed by atoms with Crippen molar-refractivity contribution in [2.75, 3.05) is 19.8 Å². The monoisotopic (exact) mass is 225 g/mol. The van der Waals surface area contributed by atoms with Crippen LogP contribution in [0.2, 0.25) is 0 Å². The van der Waals surface area contributed by atoms with Crippen LogP contribution in [0.15, 0.2) is 12.1 Å². The Morgan fingerprint density at radius 1 is 1.50 bits per heavy atom. The number of esters is 1. The highest BCUT2D eigenvalue weighted by Crippen LogP contribution is 2.24. The smallest absolute Gasteiger partial charge is 0.354 e. The molecule has 2 heterocycles. The molecule has 0 aromatic carbocycles. The average molecular weight is 225 g/mol. The molecular weight excluding hydrogens is 210 g/mol. The zero-order valence-corrected chi connectivity index (χ0v) is 9.43. The standard InChI is InChI=1S/C11H15NO4/c1-3-14-10(13)8-4-5-9(12(8)2)11-15-6-7-16-11/h4-5,11H,3,6-7H2,1-2H3. The highest BCUT2D eigenvalue weighted by molar-refractivity contribution is 5.87. The lowest BCUT2D eigenvalue weighted by atomic mass is 10.4. The van der Waals surface area contributed by atoms with Gasteiger partial charge in [0.25, 0.3) is 0 Å². The van der Waals surface area contributed by atoms with Crippen LogP contribution in [0.1, 0.15) is 29.4 Å². The molecule has 1 fully saturated rings. The molecule has 0 N–H and O–H groups in total. The second-order valence-corrected chi connectivity index (χ2v) is 3.50. The molecule has 5 nitrogen and oxygen atoms in total. The van der Waals surface area contributed by atoms with Crippen molar-refractivity contribution in [1.29, 1.82) is 0 Å². The Kier molecular flexibility index (Phi) is 3.26. The molecule has 1 saturated heterocycles. The lowest BCUT2D eigenvalue weighted by Gasteiger charge is -2.11. The molecule has 0 unspecified atom stereocenters. The van der Waals surface area contributed by atoms with Crippen LogP contribution in [-0.2, 0) is 21.3 Å². The fourth-order valence-corrected chi connectivity index (χ4v) is 1.70. The summed E-state index contributed by atoms with van der Waals surface area (Å²) in [6, 6.07) is 3.54. The maximum Gasteiger partial charge on any atom is 0.354 e. The average Bonchev–Trinajstić information content (AvgIpc) is 2.86. The Bertz CT molecular complexity index is 379. The number of carbonyl (C=O) groups is 1. The summed E-state index contributed by atoms with van der Waals surface area (Å²) in [6.07, 6.45) is -0.367. The van der Waals surface area contributed by atoms with Gasteiger partial charge in [-0.05, 0) is 19.1 Å². The molecule has 0 amide bonds. The minimum atomic E-state index is -0.367. The van der Waals surface area contributed by atoms with Gasteiger partial charge < -0.3 is 18.8 Å². The molecule has 0 aliphatic carbocycles. The van der Waals surface area contributed by atoms with Crippen LogP contribution in [0.3, 0.4) is 0 Å². The summed E-state index contributed by atoms with van der Waals surface area (Å²) >= 11 is 0. The van der Waals surface area contributed by atoms with E-state index in [1.807, 2.05) is 6.07 Å². The third-order valence-electron chi connectivity index (χ3n) is 2.51. The highest BCUT2D eigenvalue weighted by Gasteiger charge is 2.23. The second kappa shape index (κ2) is 4.67. The fourth-order valence-electron chi connectivity index (χ4n) is 1.70. The number of rotatable bonds is 3. The summed E-state index contributed by atoms with van der Waals surface area (Å²) in [5, 5.41) is 0. The zero-order chi connectivity index (χ0) is 11.5. The molecule has 1 aromatic heterocycles. The molecule has 88 valence electrons. The first-order chi connectivity index (χ1) is 7.74. The van der Waals surface area contributed by atoms with Crippen molar-refractivity contribution in [2.45, 2.75) is 13.2 Å². The normalized spacial score (nSPS) is 16.6. The second-order valence-electron chi connectivity index (χ2n) is 3.50. The van der Waals surface area contributed by atoms with Crippen molar-refractivity contribution in [3.8, 4) is 0 Å². The highest BCUT2D eigenvalue weighted by atomic mass is 16.7. The van der Waals surface area contributed by atoms with Gasteiger partial charge in [0.15, 0.2) is 6.29 Å². The summed E-state index contributed by atoms with van der Waals surface area (Å²) in [5.41, 5.74) is 1.34. The topological polar surface area (TPSA) is 49.7 Å². The van der Waals surface area contributed by atoms with Gasteiger partial charge in [-0.3, -0.25) is 0 Å². The van der Waals surface area contributed by atoms with E-state index in [0.29, 0.717) is 25.5 Å². The van der Waals surface area contributed by atoms with Gasteiger partial charge in [-0.15, -0.1) is 0 Å². The van der Waals surface area contributed by atoms with Crippen molar-refractivity contribution in [2.24, 2.45) is 7.05 Å². The molecule has 0 radical (unpaired) electrons. The molecule has 1 aliphatic heterocycles. The van der Waals surface area contributed by atoms with Crippen molar-refractivity contribution < 1.29 is 19.0 Å². The molecular formula is C11H15NO4. The van der Waals surface area contributed by atoms with Crippen LogP contribution in [0.4, 0.5) is 0 Å². The first-order valence-electron chi connectivity index (χ1n) is 5.30. The predicted molar refractivity (Wildman–Crippen MR) is 56.0 cm³/mol. The maximum absolute atomic E-state index is 11.6. The molecule has 2 rings (SSSR count). The summed E-state index contributed by atoms with van der Waals surface area (Å²) < 4.78 is 17.4. The van der Waals surface area contributed by atoms with E-state index in [1.54, 1.807) is 24.6 Å². The van der Waals surface area contributed by atoms with Gasteiger partial charge in [-0.1, -0.05) is 0 Å². The van der Waals surface area contributed by atoms with E-state index in [1.165, 1.54) is 0 Å². The number of carbonyl (C=O) groups excluding carboxylic acids is 1. The minimum Gasteiger partial charge on any atom is -0.461 e. The Labute approximate surface area is 93.9 Å². The van der Waals surface area contributed by atoms with Crippen LogP contribution < -0.4 is 0 Å². The Hall–Kier alpha value is -1.33. The van der Waals surface area contributed by atoms with Gasteiger partial charge in [0.1, 0.15) is 5.69 Å². The number of nitrogens with zero attached hydrogens (tertiary/aromatic N) is 1.